The molecule has 0 aliphatic rings. The summed E-state index contributed by atoms with van der Waals surface area (Å²) < 4.78 is 0. The van der Waals surface area contributed by atoms with E-state index in [4.69, 9.17) is 0 Å². The third-order valence-corrected chi connectivity index (χ3v) is 1.60. The SMILES string of the molecule is CCCc1nc(NC)nc(NC)n1. The molecule has 0 atom stereocenters. The Bertz CT molecular complexity index is 251. The van der Waals surface area contributed by atoms with Crippen molar-refractivity contribution in [1.82, 2.24) is 15.0 Å². The molecule has 0 unspecified atom stereocenters. The van der Waals surface area contributed by atoms with Crippen LogP contribution in [0, 0.1) is 0 Å². The summed E-state index contributed by atoms with van der Waals surface area (Å²) in [6, 6.07) is 0. The maximum atomic E-state index is 4.22. The highest BCUT2D eigenvalue weighted by Gasteiger charge is 2.02. The minimum absolute atomic E-state index is 0.614. The minimum Gasteiger partial charge on any atom is -0.357 e. The fourth-order valence-electron chi connectivity index (χ4n) is 0.979. The highest BCUT2D eigenvalue weighted by Crippen LogP contribution is 2.05. The van der Waals surface area contributed by atoms with Crippen LogP contribution in [0.1, 0.15) is 19.2 Å². The van der Waals surface area contributed by atoms with Gasteiger partial charge in [-0.3, -0.25) is 0 Å². The third-order valence-electron chi connectivity index (χ3n) is 1.60. The molecular formula is C8H15N5. The molecular weight excluding hydrogens is 166 g/mol. The van der Waals surface area contributed by atoms with E-state index in [0.29, 0.717) is 11.9 Å². The van der Waals surface area contributed by atoms with Crippen LogP contribution in [-0.4, -0.2) is 29.0 Å². The van der Waals surface area contributed by atoms with E-state index >= 15 is 0 Å². The third kappa shape index (κ3) is 2.54. The van der Waals surface area contributed by atoms with Crippen LogP contribution in [0.2, 0.25) is 0 Å². The molecule has 1 rings (SSSR count). The van der Waals surface area contributed by atoms with Crippen LogP contribution in [-0.2, 0) is 6.42 Å². The molecule has 5 nitrogen and oxygen atoms in total. The van der Waals surface area contributed by atoms with Gasteiger partial charge in [-0.25, -0.2) is 0 Å². The quantitative estimate of drug-likeness (QED) is 0.722. The smallest absolute Gasteiger partial charge is 0.227 e. The highest BCUT2D eigenvalue weighted by atomic mass is 15.2. The Balaban J connectivity index is 2.93. The molecule has 0 spiro atoms. The summed E-state index contributed by atoms with van der Waals surface area (Å²) in [5.74, 6) is 2.05. The van der Waals surface area contributed by atoms with E-state index in [1.54, 1.807) is 14.1 Å². The average Bonchev–Trinajstić information content (AvgIpc) is 2.17. The van der Waals surface area contributed by atoms with Crippen molar-refractivity contribution in [1.29, 1.82) is 0 Å². The van der Waals surface area contributed by atoms with Gasteiger partial charge in [-0.05, 0) is 6.42 Å². The molecule has 0 fully saturated rings. The second-order valence-electron chi connectivity index (χ2n) is 2.65. The van der Waals surface area contributed by atoms with Gasteiger partial charge in [0.25, 0.3) is 0 Å². The summed E-state index contributed by atoms with van der Waals surface area (Å²) in [5.41, 5.74) is 0. The summed E-state index contributed by atoms with van der Waals surface area (Å²) in [6.07, 6.45) is 1.92. The first-order valence-electron chi connectivity index (χ1n) is 4.40. The van der Waals surface area contributed by atoms with Crippen molar-refractivity contribution in [2.45, 2.75) is 19.8 Å². The van der Waals surface area contributed by atoms with Crippen LogP contribution in [0.15, 0.2) is 0 Å². The maximum Gasteiger partial charge on any atom is 0.227 e. The Morgan fingerprint density at radius 1 is 1.00 bits per heavy atom. The number of rotatable bonds is 4. The van der Waals surface area contributed by atoms with E-state index in [0.717, 1.165) is 18.7 Å². The van der Waals surface area contributed by atoms with Crippen molar-refractivity contribution >= 4 is 11.9 Å². The largest absolute Gasteiger partial charge is 0.357 e. The molecule has 72 valence electrons. The van der Waals surface area contributed by atoms with E-state index in [-0.39, 0.29) is 0 Å². The van der Waals surface area contributed by atoms with Crippen molar-refractivity contribution in [3.05, 3.63) is 5.82 Å². The van der Waals surface area contributed by atoms with Gasteiger partial charge in [-0.1, -0.05) is 6.92 Å². The first kappa shape index (κ1) is 9.70. The lowest BCUT2D eigenvalue weighted by Crippen LogP contribution is -2.07. The van der Waals surface area contributed by atoms with E-state index < -0.39 is 0 Å². The first-order valence-corrected chi connectivity index (χ1v) is 4.40. The van der Waals surface area contributed by atoms with E-state index in [2.05, 4.69) is 32.5 Å². The molecule has 2 N–H and O–H groups in total. The Kier molecular flexibility index (Phi) is 3.42. The second kappa shape index (κ2) is 4.59. The normalized spacial score (nSPS) is 9.77. The number of aryl methyl sites for hydroxylation is 1. The molecule has 1 aromatic rings. The number of hydrogen-bond donors (Lipinski definition) is 2. The molecule has 1 aromatic heterocycles. The van der Waals surface area contributed by atoms with Crippen LogP contribution in [0.4, 0.5) is 11.9 Å². The zero-order chi connectivity index (χ0) is 9.68. The van der Waals surface area contributed by atoms with Gasteiger partial charge in [-0.2, -0.15) is 15.0 Å². The molecule has 1 heterocycles. The zero-order valence-corrected chi connectivity index (χ0v) is 8.26. The van der Waals surface area contributed by atoms with E-state index in [9.17, 15) is 0 Å². The average molecular weight is 181 g/mol. The Hall–Kier alpha value is -1.39. The molecule has 0 saturated carbocycles. The lowest BCUT2D eigenvalue weighted by molar-refractivity contribution is 0.822. The summed E-state index contributed by atoms with van der Waals surface area (Å²) >= 11 is 0. The van der Waals surface area contributed by atoms with Crippen molar-refractivity contribution < 1.29 is 0 Å². The molecule has 0 radical (unpaired) electrons. The van der Waals surface area contributed by atoms with Crippen molar-refractivity contribution in [2.24, 2.45) is 0 Å². The Morgan fingerprint density at radius 2 is 1.54 bits per heavy atom. The summed E-state index contributed by atoms with van der Waals surface area (Å²) in [6.45, 7) is 2.10. The molecule has 5 heteroatoms. The van der Waals surface area contributed by atoms with Gasteiger partial charge in [-0.15, -0.1) is 0 Å². The molecule has 0 amide bonds. The predicted molar refractivity (Wildman–Crippen MR) is 52.9 cm³/mol. The predicted octanol–water partition coefficient (Wildman–Crippen LogP) is 0.907. The fraction of sp³-hybridized carbons (Fsp3) is 0.625. The van der Waals surface area contributed by atoms with Crippen molar-refractivity contribution in [2.75, 3.05) is 24.7 Å². The van der Waals surface area contributed by atoms with Gasteiger partial charge in [0.1, 0.15) is 5.82 Å². The van der Waals surface area contributed by atoms with Gasteiger partial charge < -0.3 is 10.6 Å². The molecule has 0 saturated heterocycles. The first-order chi connectivity index (χ1) is 6.30. The minimum atomic E-state index is 0.614. The Labute approximate surface area is 78.0 Å². The summed E-state index contributed by atoms with van der Waals surface area (Å²) in [7, 11) is 3.59. The van der Waals surface area contributed by atoms with Crippen LogP contribution in [0.3, 0.4) is 0 Å². The van der Waals surface area contributed by atoms with Gasteiger partial charge in [0.15, 0.2) is 0 Å². The molecule has 0 aliphatic carbocycles. The lowest BCUT2D eigenvalue weighted by Gasteiger charge is -2.04. The van der Waals surface area contributed by atoms with Gasteiger partial charge in [0, 0.05) is 20.5 Å². The number of nitrogens with one attached hydrogen (secondary N) is 2. The molecule has 0 aliphatic heterocycles. The summed E-state index contributed by atoms with van der Waals surface area (Å²) in [5, 5.41) is 5.80. The van der Waals surface area contributed by atoms with E-state index in [1.165, 1.54) is 0 Å². The van der Waals surface area contributed by atoms with E-state index in [1.807, 2.05) is 0 Å². The fourth-order valence-corrected chi connectivity index (χ4v) is 0.979. The van der Waals surface area contributed by atoms with Crippen LogP contribution >= 0.6 is 0 Å². The monoisotopic (exact) mass is 181 g/mol. The summed E-state index contributed by atoms with van der Waals surface area (Å²) in [4.78, 5) is 12.5. The number of nitrogens with zero attached hydrogens (tertiary/aromatic N) is 3. The molecule has 0 aromatic carbocycles. The number of hydrogen-bond acceptors (Lipinski definition) is 5. The zero-order valence-electron chi connectivity index (χ0n) is 8.26. The van der Waals surface area contributed by atoms with Crippen molar-refractivity contribution in [3.8, 4) is 0 Å². The topological polar surface area (TPSA) is 62.7 Å². The van der Waals surface area contributed by atoms with Gasteiger partial charge in [0.05, 0.1) is 0 Å². The van der Waals surface area contributed by atoms with Gasteiger partial charge in [0.2, 0.25) is 11.9 Å². The lowest BCUT2D eigenvalue weighted by atomic mass is 10.3. The standard InChI is InChI=1S/C8H15N5/c1-4-5-6-11-7(9-2)13-8(10-3)12-6/h4-5H2,1-3H3,(H2,9,10,11,12,13). The van der Waals surface area contributed by atoms with Crippen LogP contribution in [0.25, 0.3) is 0 Å². The maximum absolute atomic E-state index is 4.22. The second-order valence-corrected chi connectivity index (χ2v) is 2.65. The van der Waals surface area contributed by atoms with Gasteiger partial charge >= 0.3 is 0 Å². The molecule has 0 bridgehead atoms. The Morgan fingerprint density at radius 3 is 1.92 bits per heavy atom. The number of anilines is 2. The number of aromatic nitrogens is 3. The highest BCUT2D eigenvalue weighted by molar-refractivity contribution is 5.33. The van der Waals surface area contributed by atoms with Crippen LogP contribution in [0.5, 0.6) is 0 Å². The van der Waals surface area contributed by atoms with Crippen molar-refractivity contribution in [3.63, 3.8) is 0 Å². The van der Waals surface area contributed by atoms with Crippen LogP contribution < -0.4 is 10.6 Å². The molecule has 13 heavy (non-hydrogen) atoms.